The molecule has 3 aromatic rings. The third-order valence-corrected chi connectivity index (χ3v) is 9.40. The molecule has 2 saturated heterocycles. The van der Waals surface area contributed by atoms with Crippen LogP contribution in [0.2, 0.25) is 10.0 Å². The summed E-state index contributed by atoms with van der Waals surface area (Å²) in [6, 6.07) is 27.4. The SMILES string of the molecule is CC(C1C(c2ccc(Cl)c(Cl)c2)CCCN1C(=O)Cc1ccccc1)N1CCC(Cc2ccccc2)CC1.Cl. The second kappa shape index (κ2) is 14.0. The number of hydrogen-bond acceptors (Lipinski definition) is 2. The van der Waals surface area contributed by atoms with Crippen molar-refractivity contribution in [3.05, 3.63) is 106 Å². The molecule has 3 unspecified atom stereocenters. The average Bonchev–Trinajstić information content (AvgIpc) is 2.95. The van der Waals surface area contributed by atoms with Gasteiger partial charge < -0.3 is 4.90 Å². The number of piperidine rings is 2. The van der Waals surface area contributed by atoms with E-state index in [1.807, 2.05) is 42.5 Å². The van der Waals surface area contributed by atoms with Crippen LogP contribution in [0.1, 0.15) is 55.2 Å². The number of likely N-dealkylation sites (tertiary alicyclic amines) is 2. The van der Waals surface area contributed by atoms with Gasteiger partial charge in [-0.15, -0.1) is 12.4 Å². The molecule has 1 amide bonds. The summed E-state index contributed by atoms with van der Waals surface area (Å²) in [4.78, 5) is 18.6. The quantitative estimate of drug-likeness (QED) is 0.280. The molecule has 6 heteroatoms. The molecular weight excluding hydrogens is 547 g/mol. The Morgan fingerprint density at radius 1 is 0.846 bits per heavy atom. The lowest BCUT2D eigenvalue weighted by Crippen LogP contribution is -2.58. The number of rotatable bonds is 7. The number of carbonyl (C=O) groups excluding carboxylic acids is 1. The molecule has 0 N–H and O–H groups in total. The number of benzene rings is 3. The Labute approximate surface area is 249 Å². The van der Waals surface area contributed by atoms with E-state index >= 15 is 0 Å². The van der Waals surface area contributed by atoms with Crippen molar-refractivity contribution >= 4 is 41.5 Å². The number of nitrogens with zero attached hydrogens (tertiary/aromatic N) is 2. The highest BCUT2D eigenvalue weighted by molar-refractivity contribution is 6.42. The van der Waals surface area contributed by atoms with Gasteiger partial charge in [-0.05, 0) is 86.9 Å². The summed E-state index contributed by atoms with van der Waals surface area (Å²) in [5, 5.41) is 1.17. The number of hydrogen-bond donors (Lipinski definition) is 0. The fourth-order valence-electron chi connectivity index (χ4n) is 6.61. The van der Waals surface area contributed by atoms with Gasteiger partial charge in [-0.25, -0.2) is 0 Å². The highest BCUT2D eigenvalue weighted by Crippen LogP contribution is 2.39. The average molecular weight is 586 g/mol. The summed E-state index contributed by atoms with van der Waals surface area (Å²) >= 11 is 12.8. The summed E-state index contributed by atoms with van der Waals surface area (Å²) in [5.74, 6) is 1.17. The Morgan fingerprint density at radius 3 is 2.13 bits per heavy atom. The van der Waals surface area contributed by atoms with Crippen molar-refractivity contribution in [3.8, 4) is 0 Å². The van der Waals surface area contributed by atoms with Gasteiger partial charge in [-0.3, -0.25) is 9.69 Å². The highest BCUT2D eigenvalue weighted by atomic mass is 35.5. The van der Waals surface area contributed by atoms with E-state index < -0.39 is 0 Å². The summed E-state index contributed by atoms with van der Waals surface area (Å²) in [6.45, 7) is 5.29. The number of amides is 1. The van der Waals surface area contributed by atoms with Gasteiger partial charge in [0, 0.05) is 18.5 Å². The third-order valence-electron chi connectivity index (χ3n) is 8.66. The molecule has 0 aliphatic carbocycles. The lowest BCUT2D eigenvalue weighted by atomic mass is 9.79. The van der Waals surface area contributed by atoms with Crippen molar-refractivity contribution in [3.63, 3.8) is 0 Å². The first-order valence-electron chi connectivity index (χ1n) is 14.1. The molecule has 0 aromatic heterocycles. The van der Waals surface area contributed by atoms with Gasteiger partial charge >= 0.3 is 0 Å². The summed E-state index contributed by atoms with van der Waals surface area (Å²) < 4.78 is 0. The number of carbonyl (C=O) groups is 1. The van der Waals surface area contributed by atoms with Crippen LogP contribution in [0.25, 0.3) is 0 Å². The second-order valence-electron chi connectivity index (χ2n) is 11.1. The monoisotopic (exact) mass is 584 g/mol. The van der Waals surface area contributed by atoms with E-state index in [9.17, 15) is 4.79 Å². The zero-order valence-electron chi connectivity index (χ0n) is 22.6. The standard InChI is InChI=1S/C33H38Cl2N2O.ClH/c1-24(36-19-16-27(17-20-36)21-25-9-4-2-5-10-25)33-29(28-14-15-30(34)31(35)23-28)13-8-18-37(33)32(38)22-26-11-6-3-7-12-26;/h2-7,9-12,14-15,23-24,27,29,33H,8,13,16-22H2,1H3;1H. The molecule has 0 spiro atoms. The molecule has 2 aliphatic heterocycles. The van der Waals surface area contributed by atoms with Crippen LogP contribution < -0.4 is 0 Å². The molecular formula is C33H39Cl3N2O. The molecule has 0 radical (unpaired) electrons. The number of halogens is 3. The van der Waals surface area contributed by atoms with E-state index in [-0.39, 0.29) is 36.3 Å². The first kappa shape index (κ1) is 29.9. The molecule has 208 valence electrons. The summed E-state index contributed by atoms with van der Waals surface area (Å²) in [6.07, 6.45) is 6.03. The van der Waals surface area contributed by atoms with Crippen LogP contribution >= 0.6 is 35.6 Å². The molecule has 3 nitrogen and oxygen atoms in total. The van der Waals surface area contributed by atoms with Gasteiger partial charge in [0.2, 0.25) is 5.91 Å². The van der Waals surface area contributed by atoms with Crippen LogP contribution in [-0.2, 0) is 17.6 Å². The minimum Gasteiger partial charge on any atom is -0.337 e. The molecule has 5 rings (SSSR count). The van der Waals surface area contributed by atoms with Gasteiger partial charge in [0.15, 0.2) is 0 Å². The van der Waals surface area contributed by atoms with Crippen LogP contribution in [0.4, 0.5) is 0 Å². The fourth-order valence-corrected chi connectivity index (χ4v) is 6.92. The van der Waals surface area contributed by atoms with Crippen LogP contribution in [0.3, 0.4) is 0 Å². The van der Waals surface area contributed by atoms with E-state index in [2.05, 4.69) is 53.1 Å². The van der Waals surface area contributed by atoms with Crippen molar-refractivity contribution < 1.29 is 4.79 Å². The predicted molar refractivity (Wildman–Crippen MR) is 165 cm³/mol. The molecule has 2 aliphatic rings. The van der Waals surface area contributed by atoms with Gasteiger partial charge in [-0.1, -0.05) is 89.9 Å². The zero-order chi connectivity index (χ0) is 26.5. The fraction of sp³-hybridized carbons (Fsp3) is 0.424. The zero-order valence-corrected chi connectivity index (χ0v) is 25.0. The maximum Gasteiger partial charge on any atom is 0.227 e. The Balaban J connectivity index is 0.00000353. The van der Waals surface area contributed by atoms with E-state index in [0.29, 0.717) is 22.4 Å². The molecule has 3 aromatic carbocycles. The van der Waals surface area contributed by atoms with Gasteiger partial charge in [0.25, 0.3) is 0 Å². The molecule has 2 fully saturated rings. The Morgan fingerprint density at radius 2 is 1.49 bits per heavy atom. The molecule has 0 bridgehead atoms. The van der Waals surface area contributed by atoms with Crippen molar-refractivity contribution in [2.45, 2.75) is 63.5 Å². The summed E-state index contributed by atoms with van der Waals surface area (Å²) in [5.41, 5.74) is 3.69. The smallest absolute Gasteiger partial charge is 0.227 e. The van der Waals surface area contributed by atoms with E-state index in [1.165, 1.54) is 24.0 Å². The highest BCUT2D eigenvalue weighted by Gasteiger charge is 2.41. The van der Waals surface area contributed by atoms with Gasteiger partial charge in [0.05, 0.1) is 22.5 Å². The largest absolute Gasteiger partial charge is 0.337 e. The molecule has 3 atom stereocenters. The van der Waals surface area contributed by atoms with Crippen molar-refractivity contribution in [2.24, 2.45) is 5.92 Å². The van der Waals surface area contributed by atoms with Gasteiger partial charge in [0.1, 0.15) is 0 Å². The van der Waals surface area contributed by atoms with E-state index in [1.54, 1.807) is 0 Å². The van der Waals surface area contributed by atoms with Crippen LogP contribution in [-0.4, -0.2) is 47.4 Å². The van der Waals surface area contributed by atoms with Crippen LogP contribution in [0.5, 0.6) is 0 Å². The van der Waals surface area contributed by atoms with Crippen molar-refractivity contribution in [1.82, 2.24) is 9.80 Å². The molecule has 39 heavy (non-hydrogen) atoms. The maximum atomic E-state index is 13.8. The third kappa shape index (κ3) is 7.38. The normalized spacial score (nSPS) is 21.3. The lowest BCUT2D eigenvalue weighted by Gasteiger charge is -2.49. The van der Waals surface area contributed by atoms with Crippen LogP contribution in [0, 0.1) is 5.92 Å². The first-order valence-corrected chi connectivity index (χ1v) is 14.8. The van der Waals surface area contributed by atoms with Crippen molar-refractivity contribution in [2.75, 3.05) is 19.6 Å². The minimum atomic E-state index is 0. The van der Waals surface area contributed by atoms with E-state index in [0.717, 1.165) is 44.5 Å². The summed E-state index contributed by atoms with van der Waals surface area (Å²) in [7, 11) is 0. The van der Waals surface area contributed by atoms with Crippen LogP contribution in [0.15, 0.2) is 78.9 Å². The van der Waals surface area contributed by atoms with Crippen molar-refractivity contribution in [1.29, 1.82) is 0 Å². The molecule has 0 saturated carbocycles. The Kier molecular flexibility index (Phi) is 10.8. The maximum absolute atomic E-state index is 13.8. The Bertz CT molecular complexity index is 1200. The second-order valence-corrected chi connectivity index (χ2v) is 11.9. The first-order chi connectivity index (χ1) is 18.5. The van der Waals surface area contributed by atoms with E-state index in [4.69, 9.17) is 23.2 Å². The molecule has 2 heterocycles. The predicted octanol–water partition coefficient (Wildman–Crippen LogP) is 8.08. The van der Waals surface area contributed by atoms with Gasteiger partial charge in [-0.2, -0.15) is 0 Å². The Hall–Kier alpha value is -2.04. The minimum absolute atomic E-state index is 0. The topological polar surface area (TPSA) is 23.6 Å². The lowest BCUT2D eigenvalue weighted by molar-refractivity contribution is -0.136.